The quantitative estimate of drug-likeness (QED) is 0.0574. The number of methoxy groups -OCH3 is 5. The number of piperidine rings is 2. The molecule has 2 unspecified atom stereocenters. The van der Waals surface area contributed by atoms with Crippen LogP contribution in [0.5, 0.6) is 23.0 Å². The lowest BCUT2D eigenvalue weighted by molar-refractivity contribution is 0.0599. The highest BCUT2D eigenvalue weighted by molar-refractivity contribution is 7.16. The fourth-order valence-corrected chi connectivity index (χ4v) is 10.1. The minimum Gasteiger partial charge on any atom is -0.493 e. The summed E-state index contributed by atoms with van der Waals surface area (Å²) in [5.41, 5.74) is 7.78. The number of carbonyl (C=O) groups excluding carboxylic acids is 3. The number of nitrogens with one attached hydrogen (secondary N) is 4. The first-order valence-corrected chi connectivity index (χ1v) is 26.0. The predicted molar refractivity (Wildman–Crippen MR) is 293 cm³/mol. The van der Waals surface area contributed by atoms with Crippen molar-refractivity contribution in [1.82, 2.24) is 40.5 Å². The van der Waals surface area contributed by atoms with Crippen molar-refractivity contribution in [3.8, 4) is 23.0 Å². The number of carboxylic acids is 1. The van der Waals surface area contributed by atoms with Crippen LogP contribution in [0.1, 0.15) is 67.1 Å². The van der Waals surface area contributed by atoms with Crippen LogP contribution in [-0.2, 0) is 4.74 Å². The molecular formula is C53H54N12O10S2. The summed E-state index contributed by atoms with van der Waals surface area (Å²) in [6.45, 7) is 2.62. The van der Waals surface area contributed by atoms with Crippen LogP contribution < -0.4 is 50.0 Å². The Balaban J connectivity index is 0.000000188. The molecule has 4 aromatic heterocycles. The van der Waals surface area contributed by atoms with Crippen LogP contribution in [0.25, 0.3) is 20.7 Å². The third-order valence-electron chi connectivity index (χ3n) is 12.7. The molecule has 2 fully saturated rings. The van der Waals surface area contributed by atoms with Gasteiger partial charge in [0.05, 0.1) is 57.7 Å². The topological polar surface area (TPSA) is 267 Å². The number of benzene rings is 4. The van der Waals surface area contributed by atoms with Crippen molar-refractivity contribution >= 4 is 102 Å². The molecule has 0 saturated carbocycles. The molecule has 0 spiro atoms. The van der Waals surface area contributed by atoms with Crippen molar-refractivity contribution in [3.63, 3.8) is 0 Å². The normalized spacial score (nSPS) is 15.1. The molecule has 6 heterocycles. The summed E-state index contributed by atoms with van der Waals surface area (Å²) in [7, 11) is 7.68. The molecule has 2 amide bonds. The van der Waals surface area contributed by atoms with Crippen molar-refractivity contribution in [3.05, 3.63) is 118 Å². The summed E-state index contributed by atoms with van der Waals surface area (Å²) in [6, 6.07) is 23.1. The molecule has 0 bridgehead atoms. The molecule has 24 heteroatoms. The van der Waals surface area contributed by atoms with E-state index in [1.807, 2.05) is 36.4 Å². The zero-order valence-electron chi connectivity index (χ0n) is 42.6. The SMILES string of the molecule is COC(=O)c1ccc(C(=O)NC2CCCN(c3nc(Nc4ccc(OC)c(OC)c4)c4ncsc4n3)C2)cc1.COc1ccc(Nc2nc(N3CCCC(NC(=O)c4ccc(C(=O)O)cc4)C3)nc3scnc23)cc1OC. The Labute approximate surface area is 449 Å². The molecule has 398 valence electrons. The number of esters is 1. The minimum atomic E-state index is -1.03. The van der Waals surface area contributed by atoms with E-state index < -0.39 is 11.9 Å². The maximum absolute atomic E-state index is 12.9. The Hall–Kier alpha value is -8.90. The first-order chi connectivity index (χ1) is 37.4. The number of aromatic carboxylic acids is 1. The van der Waals surface area contributed by atoms with Crippen molar-refractivity contribution < 1.29 is 48.0 Å². The van der Waals surface area contributed by atoms with E-state index in [1.165, 1.54) is 54.0 Å². The molecule has 8 aromatic rings. The molecule has 2 saturated heterocycles. The maximum atomic E-state index is 12.9. The van der Waals surface area contributed by atoms with Gasteiger partial charge in [0.1, 0.15) is 11.0 Å². The predicted octanol–water partition coefficient (Wildman–Crippen LogP) is 7.98. The van der Waals surface area contributed by atoms with E-state index in [9.17, 15) is 19.2 Å². The number of carboxylic acid groups (broad SMARTS) is 1. The van der Waals surface area contributed by atoms with E-state index in [4.69, 9.17) is 48.7 Å². The van der Waals surface area contributed by atoms with Gasteiger partial charge in [0, 0.05) is 72.9 Å². The van der Waals surface area contributed by atoms with Gasteiger partial charge in [-0.15, -0.1) is 22.7 Å². The number of ether oxygens (including phenoxy) is 5. The second-order valence-electron chi connectivity index (χ2n) is 17.6. The Kier molecular flexibility index (Phi) is 16.6. The van der Waals surface area contributed by atoms with Gasteiger partial charge in [-0.1, -0.05) is 0 Å². The Morgan fingerprint density at radius 3 is 1.36 bits per heavy atom. The highest BCUT2D eigenvalue weighted by Gasteiger charge is 2.27. The Bertz CT molecular complexity index is 3420. The number of hydrogen-bond acceptors (Lipinski definition) is 21. The van der Waals surface area contributed by atoms with E-state index in [1.54, 1.807) is 63.7 Å². The lowest BCUT2D eigenvalue weighted by atomic mass is 10.0. The lowest BCUT2D eigenvalue weighted by Gasteiger charge is -2.33. The van der Waals surface area contributed by atoms with Crippen molar-refractivity contribution in [2.24, 2.45) is 0 Å². The van der Waals surface area contributed by atoms with Crippen molar-refractivity contribution in [1.29, 1.82) is 0 Å². The zero-order valence-corrected chi connectivity index (χ0v) is 44.2. The largest absolute Gasteiger partial charge is 0.493 e. The number of anilines is 6. The Morgan fingerprint density at radius 2 is 0.961 bits per heavy atom. The van der Waals surface area contributed by atoms with Crippen molar-refractivity contribution in [2.45, 2.75) is 37.8 Å². The number of fused-ring (bicyclic) bond motifs is 2. The fourth-order valence-electron chi connectivity index (χ4n) is 8.79. The molecule has 2 aliphatic heterocycles. The van der Waals surface area contributed by atoms with Gasteiger partial charge in [-0.05, 0) is 98.5 Å². The van der Waals surface area contributed by atoms with Gasteiger partial charge in [-0.3, -0.25) is 9.59 Å². The van der Waals surface area contributed by atoms with Crippen LogP contribution in [0.15, 0.2) is 96.0 Å². The van der Waals surface area contributed by atoms with E-state index in [0.29, 0.717) is 87.3 Å². The van der Waals surface area contributed by atoms with Gasteiger partial charge in [0.2, 0.25) is 11.9 Å². The number of hydrogen-bond donors (Lipinski definition) is 5. The van der Waals surface area contributed by atoms with Crippen LogP contribution in [0.4, 0.5) is 34.9 Å². The fraction of sp³-hybridized carbons (Fsp3) is 0.283. The number of carbonyl (C=O) groups is 4. The molecule has 0 aliphatic carbocycles. The summed E-state index contributed by atoms with van der Waals surface area (Å²) in [5.74, 6) is 2.80. The summed E-state index contributed by atoms with van der Waals surface area (Å²) in [5, 5.41) is 21.9. The van der Waals surface area contributed by atoms with Crippen LogP contribution in [-0.4, -0.2) is 133 Å². The molecule has 0 radical (unpaired) electrons. The number of amides is 2. The molecule has 2 aliphatic rings. The average Bonchev–Trinajstić information content (AvgIpc) is 4.18. The van der Waals surface area contributed by atoms with Gasteiger partial charge in [-0.25, -0.2) is 19.6 Å². The van der Waals surface area contributed by atoms with Gasteiger partial charge in [-0.2, -0.15) is 19.9 Å². The van der Waals surface area contributed by atoms with Gasteiger partial charge in [0.15, 0.2) is 44.3 Å². The van der Waals surface area contributed by atoms with E-state index in [-0.39, 0.29) is 29.5 Å². The number of thiazole rings is 2. The van der Waals surface area contributed by atoms with E-state index in [0.717, 1.165) is 59.8 Å². The van der Waals surface area contributed by atoms with Crippen molar-refractivity contribution in [2.75, 3.05) is 82.2 Å². The van der Waals surface area contributed by atoms with Gasteiger partial charge < -0.3 is 59.9 Å². The van der Waals surface area contributed by atoms with Crippen LogP contribution in [0.3, 0.4) is 0 Å². The molecule has 77 heavy (non-hydrogen) atoms. The Morgan fingerprint density at radius 1 is 0.545 bits per heavy atom. The van der Waals surface area contributed by atoms with Crippen LogP contribution in [0, 0.1) is 0 Å². The number of rotatable bonds is 16. The number of aromatic nitrogens is 6. The van der Waals surface area contributed by atoms with Gasteiger partial charge in [0.25, 0.3) is 11.8 Å². The maximum Gasteiger partial charge on any atom is 0.337 e. The average molecular weight is 1080 g/mol. The van der Waals surface area contributed by atoms with Crippen LogP contribution in [0.2, 0.25) is 0 Å². The number of nitrogens with zero attached hydrogens (tertiary/aromatic N) is 8. The van der Waals surface area contributed by atoms with E-state index in [2.05, 4.69) is 41.0 Å². The standard InChI is InChI=1S/C27H28N6O5S.C26H26N6O5S/c1-36-20-11-10-18(13-21(20)37-2)29-23-22-25(39-15-28-22)32-27(31-23)33-12-4-5-19(14-33)30-24(34)16-6-8-17(9-7-16)26(35)38-3;1-36-19-10-9-17(12-20(19)37-2)28-22-21-24(38-14-27-21)31-26(30-22)32-11-3-4-18(13-32)29-23(33)15-5-7-16(8-6-15)25(34)35/h6-11,13,15,19H,4-5,12,14H2,1-3H3,(H,30,34)(H,29,31,32);5-10,12,14,18H,3-4,11,13H2,1-2H3,(H,29,33)(H,34,35)(H,28,30,31). The summed E-state index contributed by atoms with van der Waals surface area (Å²) >= 11 is 2.87. The molecule has 22 nitrogen and oxygen atoms in total. The zero-order chi connectivity index (χ0) is 54.0. The summed E-state index contributed by atoms with van der Waals surface area (Å²) < 4.78 is 26.2. The molecular weight excluding hydrogens is 1030 g/mol. The van der Waals surface area contributed by atoms with Gasteiger partial charge >= 0.3 is 11.9 Å². The first-order valence-electron chi connectivity index (χ1n) is 24.3. The van der Waals surface area contributed by atoms with Crippen LogP contribution >= 0.6 is 22.7 Å². The molecule has 10 rings (SSSR count). The van der Waals surface area contributed by atoms with E-state index >= 15 is 0 Å². The second kappa shape index (κ2) is 24.2. The third-order valence-corrected chi connectivity index (χ3v) is 14.1. The highest BCUT2D eigenvalue weighted by Crippen LogP contribution is 2.36. The molecule has 2 atom stereocenters. The molecule has 4 aromatic carbocycles. The first kappa shape index (κ1) is 52.9. The monoisotopic (exact) mass is 1080 g/mol. The highest BCUT2D eigenvalue weighted by atomic mass is 32.1. The third kappa shape index (κ3) is 12.5. The second-order valence-corrected chi connectivity index (χ2v) is 19.3. The smallest absolute Gasteiger partial charge is 0.337 e. The summed E-state index contributed by atoms with van der Waals surface area (Å²) in [4.78, 5) is 82.1. The molecule has 5 N–H and O–H groups in total. The minimum absolute atomic E-state index is 0.0884. The summed E-state index contributed by atoms with van der Waals surface area (Å²) in [6.07, 6.45) is 3.37. The lowest BCUT2D eigenvalue weighted by Crippen LogP contribution is -2.48.